The van der Waals surface area contributed by atoms with E-state index >= 15 is 0 Å². The minimum absolute atomic E-state index is 0.0136. The van der Waals surface area contributed by atoms with Crippen LogP contribution in [0.1, 0.15) is 56.1 Å². The van der Waals surface area contributed by atoms with Gasteiger partial charge in [-0.1, -0.05) is 24.3 Å². The number of benzene rings is 1. The Kier molecular flexibility index (Phi) is 3.55. The van der Waals surface area contributed by atoms with Crippen molar-refractivity contribution < 1.29 is 4.79 Å². The molecule has 2 fully saturated rings. The van der Waals surface area contributed by atoms with Crippen molar-refractivity contribution in [3.63, 3.8) is 0 Å². The Morgan fingerprint density at radius 3 is 2.70 bits per heavy atom. The molecule has 2 aliphatic carbocycles. The first kappa shape index (κ1) is 13.6. The Bertz CT molecular complexity index is 503. The molecule has 1 aromatic carbocycles. The van der Waals surface area contributed by atoms with Crippen molar-refractivity contribution in [2.24, 2.45) is 5.73 Å². The average Bonchev–Trinajstić information content (AvgIpc) is 3.11. The maximum atomic E-state index is 12.3. The standard InChI is InChI=1S/C17H24N2O/c1-12(16(20)19-14-6-4-7-14)15-8-3-2-5-13(15)11-17(18)9-10-17/h2-3,5,8,12,14H,4,6-7,9-11,18H2,1H3,(H,19,20). The number of carbonyl (C=O) groups is 1. The van der Waals surface area contributed by atoms with Crippen LogP contribution in [0.2, 0.25) is 0 Å². The summed E-state index contributed by atoms with van der Waals surface area (Å²) in [6.07, 6.45) is 6.60. The summed E-state index contributed by atoms with van der Waals surface area (Å²) in [4.78, 5) is 12.3. The third-order valence-corrected chi connectivity index (χ3v) is 4.80. The van der Waals surface area contributed by atoms with Gasteiger partial charge in [0.1, 0.15) is 0 Å². The molecule has 0 aromatic heterocycles. The molecule has 3 rings (SSSR count). The number of hydrogen-bond acceptors (Lipinski definition) is 2. The number of hydrogen-bond donors (Lipinski definition) is 2. The maximum Gasteiger partial charge on any atom is 0.227 e. The highest BCUT2D eigenvalue weighted by Gasteiger charge is 2.38. The molecule has 3 nitrogen and oxygen atoms in total. The van der Waals surface area contributed by atoms with Crippen molar-refractivity contribution in [2.75, 3.05) is 0 Å². The van der Waals surface area contributed by atoms with Gasteiger partial charge in [0.25, 0.3) is 0 Å². The predicted octanol–water partition coefficient (Wildman–Crippen LogP) is 2.49. The van der Waals surface area contributed by atoms with E-state index in [0.717, 1.165) is 37.7 Å². The first-order valence-electron chi connectivity index (χ1n) is 7.74. The molecule has 1 amide bonds. The monoisotopic (exact) mass is 272 g/mol. The fourth-order valence-corrected chi connectivity index (χ4v) is 2.85. The Morgan fingerprint density at radius 1 is 1.40 bits per heavy atom. The Hall–Kier alpha value is -1.35. The summed E-state index contributed by atoms with van der Waals surface area (Å²) in [5, 5.41) is 3.15. The van der Waals surface area contributed by atoms with E-state index < -0.39 is 0 Å². The fraction of sp³-hybridized carbons (Fsp3) is 0.588. The molecule has 20 heavy (non-hydrogen) atoms. The van der Waals surface area contributed by atoms with E-state index in [-0.39, 0.29) is 17.4 Å². The molecule has 0 bridgehead atoms. The van der Waals surface area contributed by atoms with Crippen LogP contribution in [0.5, 0.6) is 0 Å². The Balaban J connectivity index is 1.72. The zero-order valence-corrected chi connectivity index (χ0v) is 12.2. The lowest BCUT2D eigenvalue weighted by atomic mass is 9.89. The minimum Gasteiger partial charge on any atom is -0.353 e. The van der Waals surface area contributed by atoms with Crippen molar-refractivity contribution >= 4 is 5.91 Å². The molecule has 0 saturated heterocycles. The van der Waals surface area contributed by atoms with Crippen LogP contribution in [0.3, 0.4) is 0 Å². The lowest BCUT2D eigenvalue weighted by Gasteiger charge is -2.28. The molecule has 1 atom stereocenters. The summed E-state index contributed by atoms with van der Waals surface area (Å²) in [5.74, 6) is 0.0677. The van der Waals surface area contributed by atoms with Gasteiger partial charge in [-0.3, -0.25) is 4.79 Å². The summed E-state index contributed by atoms with van der Waals surface area (Å²) in [5.41, 5.74) is 8.60. The topological polar surface area (TPSA) is 55.1 Å². The van der Waals surface area contributed by atoms with Crippen LogP contribution in [0.4, 0.5) is 0 Å². The quantitative estimate of drug-likeness (QED) is 0.865. The van der Waals surface area contributed by atoms with E-state index in [0.29, 0.717) is 6.04 Å². The third-order valence-electron chi connectivity index (χ3n) is 4.80. The van der Waals surface area contributed by atoms with Gasteiger partial charge in [-0.05, 0) is 56.6 Å². The molecular weight excluding hydrogens is 248 g/mol. The van der Waals surface area contributed by atoms with Gasteiger partial charge < -0.3 is 11.1 Å². The summed E-state index contributed by atoms with van der Waals surface area (Å²) in [6.45, 7) is 2.00. The van der Waals surface area contributed by atoms with Crippen LogP contribution in [0, 0.1) is 0 Å². The smallest absolute Gasteiger partial charge is 0.227 e. The van der Waals surface area contributed by atoms with Gasteiger partial charge in [-0.15, -0.1) is 0 Å². The van der Waals surface area contributed by atoms with Gasteiger partial charge in [-0.2, -0.15) is 0 Å². The summed E-state index contributed by atoms with van der Waals surface area (Å²) >= 11 is 0. The number of amides is 1. The van der Waals surface area contributed by atoms with Crippen LogP contribution >= 0.6 is 0 Å². The molecule has 3 N–H and O–H groups in total. The second kappa shape index (κ2) is 5.21. The number of rotatable bonds is 5. The van der Waals surface area contributed by atoms with E-state index in [2.05, 4.69) is 17.4 Å². The van der Waals surface area contributed by atoms with E-state index in [1.54, 1.807) is 0 Å². The maximum absolute atomic E-state index is 12.3. The van der Waals surface area contributed by atoms with Gasteiger partial charge >= 0.3 is 0 Å². The molecule has 2 aliphatic rings. The van der Waals surface area contributed by atoms with E-state index in [9.17, 15) is 4.79 Å². The summed E-state index contributed by atoms with van der Waals surface area (Å²) in [7, 11) is 0. The average molecular weight is 272 g/mol. The first-order chi connectivity index (χ1) is 9.57. The number of nitrogens with one attached hydrogen (secondary N) is 1. The largest absolute Gasteiger partial charge is 0.353 e. The Morgan fingerprint density at radius 2 is 2.10 bits per heavy atom. The lowest BCUT2D eigenvalue weighted by Crippen LogP contribution is -2.41. The predicted molar refractivity (Wildman–Crippen MR) is 80.5 cm³/mol. The molecule has 0 aliphatic heterocycles. The van der Waals surface area contributed by atoms with E-state index in [1.165, 1.54) is 12.0 Å². The van der Waals surface area contributed by atoms with Gasteiger partial charge in [0, 0.05) is 11.6 Å². The first-order valence-corrected chi connectivity index (χ1v) is 7.74. The molecule has 3 heteroatoms. The Labute approximate surface area is 120 Å². The normalized spacial score (nSPS) is 21.9. The summed E-state index contributed by atoms with van der Waals surface area (Å²) < 4.78 is 0. The second-order valence-electron chi connectivity index (χ2n) is 6.60. The van der Waals surface area contributed by atoms with Crippen LogP contribution in [-0.2, 0) is 11.2 Å². The lowest BCUT2D eigenvalue weighted by molar-refractivity contribution is -0.123. The van der Waals surface area contributed by atoms with Gasteiger partial charge in [-0.25, -0.2) is 0 Å². The molecule has 0 radical (unpaired) electrons. The molecule has 108 valence electrons. The molecule has 1 unspecified atom stereocenters. The zero-order chi connectivity index (χ0) is 14.2. The van der Waals surface area contributed by atoms with Gasteiger partial charge in [0.2, 0.25) is 5.91 Å². The molecule has 0 spiro atoms. The molecule has 2 saturated carbocycles. The van der Waals surface area contributed by atoms with Crippen LogP contribution in [0.15, 0.2) is 24.3 Å². The number of nitrogens with two attached hydrogens (primary N) is 1. The highest BCUT2D eigenvalue weighted by molar-refractivity contribution is 5.84. The second-order valence-corrected chi connectivity index (χ2v) is 6.60. The van der Waals surface area contributed by atoms with Crippen LogP contribution in [-0.4, -0.2) is 17.5 Å². The minimum atomic E-state index is -0.0888. The summed E-state index contributed by atoms with van der Waals surface area (Å²) in [6, 6.07) is 8.66. The van der Waals surface area contributed by atoms with Crippen molar-refractivity contribution in [1.29, 1.82) is 0 Å². The van der Waals surface area contributed by atoms with Gasteiger partial charge in [0.15, 0.2) is 0 Å². The SMILES string of the molecule is CC(C(=O)NC1CCC1)c1ccccc1CC1(N)CC1. The van der Waals surface area contributed by atoms with E-state index in [1.807, 2.05) is 19.1 Å². The molecule has 1 aromatic rings. The highest BCUT2D eigenvalue weighted by atomic mass is 16.1. The van der Waals surface area contributed by atoms with E-state index in [4.69, 9.17) is 5.73 Å². The molecular formula is C17H24N2O. The van der Waals surface area contributed by atoms with Crippen LogP contribution < -0.4 is 11.1 Å². The fourth-order valence-electron chi connectivity index (χ4n) is 2.85. The van der Waals surface area contributed by atoms with Crippen molar-refractivity contribution in [1.82, 2.24) is 5.32 Å². The van der Waals surface area contributed by atoms with Crippen molar-refractivity contribution in [3.05, 3.63) is 35.4 Å². The van der Waals surface area contributed by atoms with Crippen molar-refractivity contribution in [2.45, 2.75) is 62.9 Å². The van der Waals surface area contributed by atoms with Crippen molar-refractivity contribution in [3.8, 4) is 0 Å². The molecule has 0 heterocycles. The highest BCUT2D eigenvalue weighted by Crippen LogP contribution is 2.37. The van der Waals surface area contributed by atoms with Crippen LogP contribution in [0.25, 0.3) is 0 Å². The number of carbonyl (C=O) groups excluding carboxylic acids is 1. The van der Waals surface area contributed by atoms with Gasteiger partial charge in [0.05, 0.1) is 5.92 Å². The third kappa shape index (κ3) is 2.88. The zero-order valence-electron chi connectivity index (χ0n) is 12.2.